The summed E-state index contributed by atoms with van der Waals surface area (Å²) in [5.41, 5.74) is 11.9. The number of rotatable bonds is 11. The summed E-state index contributed by atoms with van der Waals surface area (Å²) in [7, 11) is 0. The molecule has 12 aromatic rings. The lowest BCUT2D eigenvalue weighted by molar-refractivity contribution is 1.26. The summed E-state index contributed by atoms with van der Waals surface area (Å²) in [4.78, 5) is 6.78. The molecule has 0 unspecified atom stereocenters. The molecule has 0 fully saturated rings. The van der Waals surface area contributed by atoms with Crippen LogP contribution in [0.1, 0.15) is 0 Å². The van der Waals surface area contributed by atoms with Gasteiger partial charge in [0.15, 0.2) is 0 Å². The minimum atomic E-state index is 0.680. The van der Waals surface area contributed by atoms with Crippen LogP contribution in [0.3, 0.4) is 0 Å². The van der Waals surface area contributed by atoms with Crippen molar-refractivity contribution < 1.29 is 0 Å². The van der Waals surface area contributed by atoms with Crippen molar-refractivity contribution in [1.29, 1.82) is 0 Å². The monoisotopic (exact) mass is 1080 g/mol. The molecule has 12 rings (SSSR count). The van der Waals surface area contributed by atoms with Crippen LogP contribution in [0.25, 0.3) is 20.2 Å². The first-order valence-corrected chi connectivity index (χ1v) is 26.9. The first kappa shape index (κ1) is 49.0. The van der Waals surface area contributed by atoms with Gasteiger partial charge in [0.1, 0.15) is 0 Å². The van der Waals surface area contributed by atoms with Crippen molar-refractivity contribution in [2.45, 2.75) is 0 Å². The minimum absolute atomic E-state index is 0.680. The van der Waals surface area contributed by atoms with Gasteiger partial charge in [-0.1, -0.05) is 185 Å². The van der Waals surface area contributed by atoms with E-state index < -0.39 is 0 Å². The van der Waals surface area contributed by atoms with Crippen LogP contribution in [0.5, 0.6) is 0 Å². The van der Waals surface area contributed by atoms with Crippen molar-refractivity contribution in [3.8, 4) is 0 Å². The van der Waals surface area contributed by atoms with E-state index >= 15 is 0 Å². The summed E-state index contributed by atoms with van der Waals surface area (Å²) in [5.74, 6) is 0. The van der Waals surface area contributed by atoms with Gasteiger partial charge in [-0.15, -0.1) is 22.7 Å². The lowest BCUT2D eigenvalue weighted by Crippen LogP contribution is -2.13. The van der Waals surface area contributed by atoms with E-state index in [2.05, 4.69) is 204 Å². The predicted octanol–water partition coefficient (Wildman–Crippen LogP) is 21.7. The molecule has 0 bridgehead atoms. The van der Waals surface area contributed by atoms with Gasteiger partial charge in [0.05, 0.1) is 11.4 Å². The Bertz CT molecular complexity index is 3560. The molecule has 0 atom stereocenters. The number of thiophene rings is 2. The molecule has 9 heteroatoms. The zero-order chi connectivity index (χ0) is 49.8. The summed E-state index contributed by atoms with van der Waals surface area (Å²) in [5, 5.41) is 11.6. The van der Waals surface area contributed by atoms with Gasteiger partial charge in [-0.25, -0.2) is 0 Å². The van der Waals surface area contributed by atoms with Crippen LogP contribution in [-0.2, 0) is 0 Å². The molecule has 0 saturated carbocycles. The molecule has 0 aliphatic carbocycles. The van der Waals surface area contributed by atoms with Crippen molar-refractivity contribution in [1.82, 2.24) is 0 Å². The van der Waals surface area contributed by atoms with Crippen LogP contribution in [0.2, 0.25) is 10.0 Å². The fraction of sp³-hybridized carbons (Fsp3) is 0. The largest absolute Gasteiger partial charge is 0.356 e. The number of halogens is 3. The summed E-state index contributed by atoms with van der Waals surface area (Å²) in [6, 6.07) is 91.2. The van der Waals surface area contributed by atoms with Crippen molar-refractivity contribution in [2.24, 2.45) is 0 Å². The summed E-state index contributed by atoms with van der Waals surface area (Å²) in [6.45, 7) is 0. The van der Waals surface area contributed by atoms with Gasteiger partial charge < -0.3 is 20.0 Å². The minimum Gasteiger partial charge on any atom is -0.356 e. The van der Waals surface area contributed by atoms with Crippen LogP contribution in [0, 0.1) is 0 Å². The number of hydrogen-bond donors (Lipinski definition) is 1. The Balaban J connectivity index is 0.000000141. The second-order valence-corrected chi connectivity index (χ2v) is 20.3. The van der Waals surface area contributed by atoms with E-state index in [-0.39, 0.29) is 0 Å². The first-order valence-electron chi connectivity index (χ1n) is 23.6. The van der Waals surface area contributed by atoms with Gasteiger partial charge in [0.25, 0.3) is 0 Å². The normalized spacial score (nSPS) is 10.7. The Morgan fingerprint density at radius 2 is 0.630 bits per heavy atom. The van der Waals surface area contributed by atoms with Crippen molar-refractivity contribution in [3.05, 3.63) is 292 Å². The average Bonchev–Trinajstić information content (AvgIpc) is 4.06. The Labute approximate surface area is 453 Å². The highest BCUT2D eigenvalue weighted by molar-refractivity contribution is 9.10. The first-order chi connectivity index (χ1) is 35.9. The number of benzene rings is 10. The molecular weight excluding hydrogens is 1040 g/mol. The van der Waals surface area contributed by atoms with Crippen molar-refractivity contribution in [3.63, 3.8) is 0 Å². The SMILES string of the molecule is Clc1cc(Br)cc(N(c2ccccc2)c2csc3ccccc23)c1.Clc1cc(N(c2ccccc2)c2ccccc2)cc(N(c2ccccc2)c2csc3ccccc23)c1.c1ccc(Nc2ccccc2)cc1. The van der Waals surface area contributed by atoms with E-state index in [1.54, 1.807) is 22.7 Å². The Morgan fingerprint density at radius 1 is 0.315 bits per heavy atom. The molecule has 2 heterocycles. The van der Waals surface area contributed by atoms with Crippen LogP contribution in [0.15, 0.2) is 282 Å². The van der Waals surface area contributed by atoms with E-state index in [0.717, 1.165) is 67.0 Å². The number of anilines is 11. The Morgan fingerprint density at radius 3 is 1.03 bits per heavy atom. The van der Waals surface area contributed by atoms with Crippen LogP contribution in [0.4, 0.5) is 62.6 Å². The van der Waals surface area contributed by atoms with Crippen LogP contribution >= 0.6 is 61.8 Å². The second kappa shape index (κ2) is 23.7. The van der Waals surface area contributed by atoms with E-state index in [4.69, 9.17) is 23.2 Å². The molecule has 4 nitrogen and oxygen atoms in total. The molecule has 0 aliphatic rings. The molecule has 10 aromatic carbocycles. The zero-order valence-corrected chi connectivity index (χ0v) is 44.1. The quantitative estimate of drug-likeness (QED) is 0.139. The Kier molecular flexibility index (Phi) is 15.9. The lowest BCUT2D eigenvalue weighted by atomic mass is 10.1. The third kappa shape index (κ3) is 12.0. The highest BCUT2D eigenvalue weighted by atomic mass is 79.9. The zero-order valence-electron chi connectivity index (χ0n) is 39.4. The molecule has 1 N–H and O–H groups in total. The molecule has 0 saturated heterocycles. The van der Waals surface area contributed by atoms with Crippen molar-refractivity contribution >= 4 is 145 Å². The smallest absolute Gasteiger partial charge is 0.0647 e. The average molecular weight is 1090 g/mol. The number of nitrogens with zero attached hydrogens (tertiary/aromatic N) is 3. The van der Waals surface area contributed by atoms with E-state index in [1.165, 1.54) is 20.2 Å². The van der Waals surface area contributed by atoms with E-state index in [1.807, 2.05) is 109 Å². The van der Waals surface area contributed by atoms with Crippen LogP contribution < -0.4 is 20.0 Å². The summed E-state index contributed by atoms with van der Waals surface area (Å²) >= 11 is 20.2. The van der Waals surface area contributed by atoms with Gasteiger partial charge in [-0.05, 0) is 121 Å². The maximum absolute atomic E-state index is 6.83. The molecular formula is C64H47BrCl2N4S2. The maximum Gasteiger partial charge on any atom is 0.0647 e. The van der Waals surface area contributed by atoms with Gasteiger partial charge >= 0.3 is 0 Å². The molecule has 0 spiro atoms. The highest BCUT2D eigenvalue weighted by Gasteiger charge is 2.21. The highest BCUT2D eigenvalue weighted by Crippen LogP contribution is 2.46. The molecule has 356 valence electrons. The van der Waals surface area contributed by atoms with E-state index in [9.17, 15) is 0 Å². The van der Waals surface area contributed by atoms with Gasteiger partial charge in [-0.2, -0.15) is 0 Å². The molecule has 0 radical (unpaired) electrons. The number of nitrogens with one attached hydrogen (secondary N) is 1. The van der Waals surface area contributed by atoms with E-state index in [0.29, 0.717) is 10.0 Å². The van der Waals surface area contributed by atoms with Gasteiger partial charge in [-0.3, -0.25) is 0 Å². The maximum atomic E-state index is 6.83. The molecule has 73 heavy (non-hydrogen) atoms. The topological polar surface area (TPSA) is 21.8 Å². The van der Waals surface area contributed by atoms with Gasteiger partial charge in [0.2, 0.25) is 0 Å². The fourth-order valence-corrected chi connectivity index (χ4v) is 11.5. The second-order valence-electron chi connectivity index (χ2n) is 16.7. The lowest BCUT2D eigenvalue weighted by Gasteiger charge is -2.29. The van der Waals surface area contributed by atoms with Gasteiger partial charge in [0, 0.05) is 96.6 Å². The summed E-state index contributed by atoms with van der Waals surface area (Å²) in [6.07, 6.45) is 0. The van der Waals surface area contributed by atoms with Crippen LogP contribution in [-0.4, -0.2) is 0 Å². The molecule has 0 aliphatic heterocycles. The number of fused-ring (bicyclic) bond motifs is 2. The molecule has 0 amide bonds. The standard InChI is InChI=1S/C32H23ClN2S.C20H13BrClNS.C12H11N/c33-24-20-28(34(25-12-4-1-5-13-25)26-14-6-2-7-15-26)22-29(21-24)35(27-16-8-3-9-17-27)31-23-36-32-19-11-10-18-30(31)32;21-14-10-15(22)12-17(11-14)23(16-6-2-1-3-7-16)19-13-24-20-9-5-4-8-18(19)20;1-3-7-11(8-4-1)13-12-9-5-2-6-10-12/h1-23H;1-13H;1-10,13H. The number of para-hydroxylation sites is 6. The fourth-order valence-electron chi connectivity index (χ4n) is 8.58. The third-order valence-corrected chi connectivity index (χ3v) is 14.6. The predicted molar refractivity (Wildman–Crippen MR) is 322 cm³/mol. The summed E-state index contributed by atoms with van der Waals surface area (Å²) < 4.78 is 3.49. The third-order valence-electron chi connectivity index (χ3n) is 11.8. The molecule has 2 aromatic heterocycles. The Hall–Kier alpha value is -7.62. The number of hydrogen-bond acceptors (Lipinski definition) is 6. The van der Waals surface area contributed by atoms with Crippen molar-refractivity contribution in [2.75, 3.05) is 20.0 Å².